The van der Waals surface area contributed by atoms with E-state index < -0.39 is 0 Å². The van der Waals surface area contributed by atoms with E-state index in [2.05, 4.69) is 45.2 Å². The summed E-state index contributed by atoms with van der Waals surface area (Å²) in [6, 6.07) is 5.75. The van der Waals surface area contributed by atoms with Gasteiger partial charge in [-0.3, -0.25) is 4.98 Å². The summed E-state index contributed by atoms with van der Waals surface area (Å²) in [6.45, 7) is 3.91. The predicted octanol–water partition coefficient (Wildman–Crippen LogP) is 0.995. The maximum atomic E-state index is 4.59. The first-order valence-corrected chi connectivity index (χ1v) is 8.48. The lowest BCUT2D eigenvalue weighted by Gasteiger charge is -2.34. The van der Waals surface area contributed by atoms with Gasteiger partial charge in [0.25, 0.3) is 0 Å². The topological polar surface area (TPSA) is 95.9 Å². The number of pyridine rings is 1. The first-order chi connectivity index (χ1) is 12.9. The van der Waals surface area contributed by atoms with Crippen LogP contribution in [-0.2, 0) is 6.54 Å². The van der Waals surface area contributed by atoms with E-state index >= 15 is 0 Å². The van der Waals surface area contributed by atoms with E-state index in [9.17, 15) is 0 Å². The number of rotatable bonds is 5. The smallest absolute Gasteiger partial charge is 0.247 e. The molecule has 0 amide bonds. The third kappa shape index (κ3) is 3.82. The molecule has 0 atom stereocenters. The van der Waals surface area contributed by atoms with Gasteiger partial charge in [-0.05, 0) is 23.8 Å². The Morgan fingerprint density at radius 3 is 2.31 bits per heavy atom. The van der Waals surface area contributed by atoms with E-state index in [4.69, 9.17) is 0 Å². The molecule has 1 fully saturated rings. The average molecular weight is 349 g/mol. The number of hydrogen-bond donors (Lipinski definition) is 1. The maximum Gasteiger partial charge on any atom is 0.247 e. The van der Waals surface area contributed by atoms with Crippen molar-refractivity contribution in [3.63, 3.8) is 0 Å². The van der Waals surface area contributed by atoms with E-state index in [1.54, 1.807) is 31.0 Å². The van der Waals surface area contributed by atoms with Gasteiger partial charge in [0, 0.05) is 57.5 Å². The monoisotopic (exact) mass is 349 g/mol. The minimum Gasteiger partial charge on any atom is -0.365 e. The highest BCUT2D eigenvalue weighted by Gasteiger charge is 2.21. The molecule has 0 spiro atoms. The van der Waals surface area contributed by atoms with Crippen LogP contribution in [0.25, 0.3) is 0 Å². The van der Waals surface area contributed by atoms with Crippen molar-refractivity contribution in [2.45, 2.75) is 6.54 Å². The van der Waals surface area contributed by atoms with E-state index in [0.29, 0.717) is 18.3 Å². The Morgan fingerprint density at radius 1 is 0.885 bits per heavy atom. The molecule has 26 heavy (non-hydrogen) atoms. The van der Waals surface area contributed by atoms with E-state index in [1.807, 2.05) is 18.2 Å². The van der Waals surface area contributed by atoms with Gasteiger partial charge in [0.15, 0.2) is 5.82 Å². The zero-order chi connectivity index (χ0) is 17.6. The number of anilines is 3. The number of hydrogen-bond acceptors (Lipinski definition) is 9. The van der Waals surface area contributed by atoms with Crippen molar-refractivity contribution in [2.24, 2.45) is 0 Å². The quantitative estimate of drug-likeness (QED) is 0.723. The van der Waals surface area contributed by atoms with E-state index in [0.717, 1.165) is 37.7 Å². The lowest BCUT2D eigenvalue weighted by molar-refractivity contribution is 0.623. The van der Waals surface area contributed by atoms with Gasteiger partial charge in [0.1, 0.15) is 0 Å². The van der Waals surface area contributed by atoms with Crippen LogP contribution < -0.4 is 15.1 Å². The van der Waals surface area contributed by atoms with Crippen molar-refractivity contribution in [3.8, 4) is 0 Å². The van der Waals surface area contributed by atoms with Crippen LogP contribution in [0.4, 0.5) is 17.7 Å². The van der Waals surface area contributed by atoms with Crippen molar-refractivity contribution >= 4 is 17.7 Å². The number of nitrogens with zero attached hydrogens (tertiary/aromatic N) is 8. The Morgan fingerprint density at radius 2 is 1.58 bits per heavy atom. The van der Waals surface area contributed by atoms with Crippen LogP contribution >= 0.6 is 0 Å². The minimum atomic E-state index is 0.637. The Bertz CT molecular complexity index is 820. The zero-order valence-corrected chi connectivity index (χ0v) is 14.2. The lowest BCUT2D eigenvalue weighted by Crippen LogP contribution is -2.47. The molecule has 0 bridgehead atoms. The molecule has 1 aliphatic rings. The third-order valence-corrected chi connectivity index (χ3v) is 4.17. The molecular formula is C17H19N9. The first kappa shape index (κ1) is 16.1. The third-order valence-electron chi connectivity index (χ3n) is 4.17. The van der Waals surface area contributed by atoms with Gasteiger partial charge < -0.3 is 15.1 Å². The Labute approximate surface area is 151 Å². The van der Waals surface area contributed by atoms with E-state index in [1.165, 1.54) is 0 Å². The van der Waals surface area contributed by atoms with Crippen molar-refractivity contribution in [2.75, 3.05) is 41.3 Å². The van der Waals surface area contributed by atoms with Gasteiger partial charge in [-0.1, -0.05) is 0 Å². The number of piperazine rings is 1. The second kappa shape index (κ2) is 7.68. The Hall–Kier alpha value is -3.36. The van der Waals surface area contributed by atoms with Crippen LogP contribution in [0, 0.1) is 0 Å². The molecular weight excluding hydrogens is 330 g/mol. The second-order valence-electron chi connectivity index (χ2n) is 5.87. The van der Waals surface area contributed by atoms with Gasteiger partial charge in [-0.25, -0.2) is 9.97 Å². The van der Waals surface area contributed by atoms with Gasteiger partial charge in [0.2, 0.25) is 11.9 Å². The summed E-state index contributed by atoms with van der Waals surface area (Å²) in [5.41, 5.74) is 1.14. The molecule has 0 unspecified atom stereocenters. The molecule has 4 heterocycles. The molecule has 4 rings (SSSR count). The summed E-state index contributed by atoms with van der Waals surface area (Å²) < 4.78 is 0. The summed E-state index contributed by atoms with van der Waals surface area (Å²) in [6.07, 6.45) is 8.71. The van der Waals surface area contributed by atoms with Gasteiger partial charge in [0.05, 0.1) is 6.20 Å². The van der Waals surface area contributed by atoms with Gasteiger partial charge in [-0.2, -0.15) is 10.1 Å². The minimum absolute atomic E-state index is 0.637. The predicted molar refractivity (Wildman–Crippen MR) is 97.8 cm³/mol. The van der Waals surface area contributed by atoms with Crippen LogP contribution in [0.5, 0.6) is 0 Å². The molecule has 3 aromatic heterocycles. The van der Waals surface area contributed by atoms with Crippen LogP contribution in [0.3, 0.4) is 0 Å². The fourth-order valence-electron chi connectivity index (χ4n) is 2.77. The molecule has 0 radical (unpaired) electrons. The molecule has 0 aliphatic carbocycles. The SMILES string of the molecule is c1cnc(N2CCN(c3nncc(NCc4ccncc4)n3)CC2)nc1. The van der Waals surface area contributed by atoms with Crippen LogP contribution in [-0.4, -0.2) is 56.3 Å². The number of nitrogens with one attached hydrogen (secondary N) is 1. The normalized spacial score (nSPS) is 14.3. The molecule has 0 aromatic carbocycles. The lowest BCUT2D eigenvalue weighted by atomic mass is 10.3. The van der Waals surface area contributed by atoms with Crippen molar-refractivity contribution in [1.82, 2.24) is 30.1 Å². The summed E-state index contributed by atoms with van der Waals surface area (Å²) in [5.74, 6) is 2.11. The van der Waals surface area contributed by atoms with Crippen LogP contribution in [0.15, 0.2) is 49.2 Å². The van der Waals surface area contributed by atoms with Gasteiger partial charge >= 0.3 is 0 Å². The molecule has 132 valence electrons. The highest BCUT2D eigenvalue weighted by Crippen LogP contribution is 2.15. The molecule has 1 saturated heterocycles. The highest BCUT2D eigenvalue weighted by molar-refractivity contribution is 5.42. The Balaban J connectivity index is 1.36. The summed E-state index contributed by atoms with van der Waals surface area (Å²) in [5, 5.41) is 11.5. The van der Waals surface area contributed by atoms with Crippen molar-refractivity contribution in [3.05, 3.63) is 54.7 Å². The fraction of sp³-hybridized carbons (Fsp3) is 0.294. The zero-order valence-electron chi connectivity index (χ0n) is 14.2. The van der Waals surface area contributed by atoms with Crippen LogP contribution in [0.2, 0.25) is 0 Å². The number of aromatic nitrogens is 6. The molecule has 9 nitrogen and oxygen atoms in total. The molecule has 1 aliphatic heterocycles. The Kier molecular flexibility index (Phi) is 4.77. The standard InChI is InChI=1S/C17H19N9/c1-4-19-16(20-5-1)25-8-10-26(11-9-25)17-23-15(13-22-24-17)21-12-14-2-6-18-7-3-14/h1-7,13H,8-12H2,(H,21,23,24). The fourth-order valence-corrected chi connectivity index (χ4v) is 2.77. The molecule has 9 heteroatoms. The molecule has 0 saturated carbocycles. The van der Waals surface area contributed by atoms with E-state index in [-0.39, 0.29) is 0 Å². The second-order valence-corrected chi connectivity index (χ2v) is 5.87. The highest BCUT2D eigenvalue weighted by atomic mass is 15.4. The van der Waals surface area contributed by atoms with Crippen molar-refractivity contribution < 1.29 is 0 Å². The summed E-state index contributed by atoms with van der Waals surface area (Å²) in [4.78, 5) is 21.5. The maximum absolute atomic E-state index is 4.59. The first-order valence-electron chi connectivity index (χ1n) is 8.48. The van der Waals surface area contributed by atoms with Gasteiger partial charge in [-0.15, -0.1) is 5.10 Å². The summed E-state index contributed by atoms with van der Waals surface area (Å²) >= 11 is 0. The van der Waals surface area contributed by atoms with Crippen LogP contribution in [0.1, 0.15) is 5.56 Å². The summed E-state index contributed by atoms with van der Waals surface area (Å²) in [7, 11) is 0. The average Bonchev–Trinajstić information content (AvgIpc) is 2.74. The molecule has 1 N–H and O–H groups in total. The largest absolute Gasteiger partial charge is 0.365 e. The van der Waals surface area contributed by atoms with Crippen molar-refractivity contribution in [1.29, 1.82) is 0 Å². The molecule has 3 aromatic rings.